The number of hydrogen-bond acceptors (Lipinski definition) is 5. The molecule has 0 fully saturated rings. The summed E-state index contributed by atoms with van der Waals surface area (Å²) >= 11 is 3.02. The van der Waals surface area contributed by atoms with Crippen LogP contribution in [0, 0.1) is 0 Å². The molecule has 130 valence electrons. The summed E-state index contributed by atoms with van der Waals surface area (Å²) in [6.45, 7) is 0.151. The number of aromatic nitrogens is 1. The third-order valence-corrected chi connectivity index (χ3v) is 5.96. The lowest BCUT2D eigenvalue weighted by Crippen LogP contribution is -2.28. The molecule has 4 aromatic rings. The van der Waals surface area contributed by atoms with Gasteiger partial charge in [0.2, 0.25) is 0 Å². The van der Waals surface area contributed by atoms with Crippen molar-refractivity contribution in [3.05, 3.63) is 76.6 Å². The van der Waals surface area contributed by atoms with E-state index in [1.807, 2.05) is 60.0 Å². The third kappa shape index (κ3) is 3.39. The van der Waals surface area contributed by atoms with Gasteiger partial charge in [-0.1, -0.05) is 48.5 Å². The molecule has 4 nitrogen and oxygen atoms in total. The number of aliphatic hydroxyl groups is 1. The second kappa shape index (κ2) is 7.37. The maximum Gasteiger partial charge on any atom is 0.270 e. The minimum Gasteiger partial charge on any atom is -0.387 e. The second-order valence-corrected chi connectivity index (χ2v) is 7.59. The van der Waals surface area contributed by atoms with E-state index in [-0.39, 0.29) is 12.5 Å². The molecule has 6 heteroatoms. The Morgan fingerprint density at radius 2 is 1.81 bits per heavy atom. The fraction of sp³-hybridized carbons (Fsp3) is 0.100. The molecule has 0 saturated heterocycles. The molecule has 0 aliphatic heterocycles. The summed E-state index contributed by atoms with van der Waals surface area (Å²) in [5, 5.41) is 18.8. The van der Waals surface area contributed by atoms with Gasteiger partial charge in [0.1, 0.15) is 10.7 Å². The number of thiazole rings is 1. The lowest BCUT2D eigenvalue weighted by molar-refractivity contribution is 0.0913. The predicted molar refractivity (Wildman–Crippen MR) is 107 cm³/mol. The molecular formula is C20H16N2O2S2. The topological polar surface area (TPSA) is 62.2 Å². The smallest absolute Gasteiger partial charge is 0.270 e. The minimum absolute atomic E-state index is 0.151. The van der Waals surface area contributed by atoms with Gasteiger partial charge in [-0.25, -0.2) is 4.98 Å². The van der Waals surface area contributed by atoms with Crippen LogP contribution < -0.4 is 5.32 Å². The molecule has 0 aliphatic rings. The predicted octanol–water partition coefficient (Wildman–Crippen LogP) is 4.49. The van der Waals surface area contributed by atoms with Crippen molar-refractivity contribution in [2.45, 2.75) is 6.10 Å². The number of nitrogens with zero attached hydrogens (tertiary/aromatic N) is 1. The van der Waals surface area contributed by atoms with Gasteiger partial charge in [-0.15, -0.1) is 22.7 Å². The molecule has 0 spiro atoms. The van der Waals surface area contributed by atoms with Crippen molar-refractivity contribution in [3.8, 4) is 10.6 Å². The number of carbonyl (C=O) groups excluding carboxylic acids is 1. The van der Waals surface area contributed by atoms with E-state index in [0.29, 0.717) is 5.69 Å². The summed E-state index contributed by atoms with van der Waals surface area (Å²) in [7, 11) is 0. The number of hydrogen-bond donors (Lipinski definition) is 2. The Balaban J connectivity index is 1.43. The van der Waals surface area contributed by atoms with Crippen LogP contribution >= 0.6 is 22.7 Å². The van der Waals surface area contributed by atoms with Crippen LogP contribution in [0.5, 0.6) is 0 Å². The fourth-order valence-corrected chi connectivity index (χ4v) is 4.55. The van der Waals surface area contributed by atoms with Crippen LogP contribution in [0.2, 0.25) is 0 Å². The quantitative estimate of drug-likeness (QED) is 0.536. The first-order chi connectivity index (χ1) is 12.7. The fourth-order valence-electron chi connectivity index (χ4n) is 2.74. The van der Waals surface area contributed by atoms with E-state index in [0.717, 1.165) is 26.2 Å². The molecule has 26 heavy (non-hydrogen) atoms. The highest BCUT2D eigenvalue weighted by molar-refractivity contribution is 7.17. The summed E-state index contributed by atoms with van der Waals surface area (Å²) in [5.41, 5.74) is 2.20. The number of fused-ring (bicyclic) bond motifs is 1. The molecule has 0 saturated carbocycles. The molecule has 2 N–H and O–H groups in total. The van der Waals surface area contributed by atoms with Crippen molar-refractivity contribution in [1.82, 2.24) is 10.3 Å². The molecule has 0 bridgehead atoms. The summed E-state index contributed by atoms with van der Waals surface area (Å²) < 4.78 is 1.12. The Kier molecular flexibility index (Phi) is 4.79. The maximum absolute atomic E-state index is 12.4. The van der Waals surface area contributed by atoms with Crippen LogP contribution in [0.1, 0.15) is 22.2 Å². The largest absolute Gasteiger partial charge is 0.387 e. The van der Waals surface area contributed by atoms with Gasteiger partial charge in [-0.2, -0.15) is 0 Å². The number of thiophene rings is 1. The molecule has 4 rings (SSSR count). The van der Waals surface area contributed by atoms with E-state index in [2.05, 4.69) is 10.3 Å². The highest BCUT2D eigenvalue weighted by Gasteiger charge is 2.16. The molecule has 2 aromatic heterocycles. The average molecular weight is 380 g/mol. The summed E-state index contributed by atoms with van der Waals surface area (Å²) in [4.78, 5) is 16.7. The van der Waals surface area contributed by atoms with Crippen molar-refractivity contribution >= 4 is 38.7 Å². The summed E-state index contributed by atoms with van der Waals surface area (Å²) in [6, 6.07) is 17.7. The lowest BCUT2D eigenvalue weighted by Gasteiger charge is -2.10. The van der Waals surface area contributed by atoms with E-state index in [4.69, 9.17) is 0 Å². The Morgan fingerprint density at radius 3 is 2.65 bits per heavy atom. The second-order valence-electron chi connectivity index (χ2n) is 5.82. The molecule has 0 aliphatic carbocycles. The standard InChI is InChI=1S/C20H16N2O2S2/c23-17(15-11-25-18-9-5-4-8-14(15)18)10-21-19(24)16-12-26-20(22-16)13-6-2-1-3-7-13/h1-9,11-12,17,23H,10H2,(H,21,24)/t17-/m0/s1. The molecule has 0 radical (unpaired) electrons. The number of nitrogens with one attached hydrogen (secondary N) is 1. The molecular weight excluding hydrogens is 364 g/mol. The van der Waals surface area contributed by atoms with E-state index in [9.17, 15) is 9.90 Å². The van der Waals surface area contributed by atoms with Crippen LogP contribution in [-0.4, -0.2) is 22.5 Å². The zero-order chi connectivity index (χ0) is 17.9. The summed E-state index contributed by atoms with van der Waals surface area (Å²) in [5.74, 6) is -0.276. The number of benzene rings is 2. The number of carbonyl (C=O) groups is 1. The zero-order valence-electron chi connectivity index (χ0n) is 13.8. The normalized spacial score (nSPS) is 12.2. The Bertz CT molecular complexity index is 1040. The van der Waals surface area contributed by atoms with E-state index in [1.54, 1.807) is 16.7 Å². The Hall–Kier alpha value is -2.54. The lowest BCUT2D eigenvalue weighted by atomic mass is 10.1. The van der Waals surface area contributed by atoms with Crippen molar-refractivity contribution < 1.29 is 9.90 Å². The first-order valence-corrected chi connectivity index (χ1v) is 9.91. The number of amides is 1. The van der Waals surface area contributed by atoms with Crippen LogP contribution in [0.4, 0.5) is 0 Å². The highest BCUT2D eigenvalue weighted by Crippen LogP contribution is 2.30. The zero-order valence-corrected chi connectivity index (χ0v) is 15.4. The van der Waals surface area contributed by atoms with Crippen molar-refractivity contribution in [2.75, 3.05) is 6.54 Å². The van der Waals surface area contributed by atoms with Gasteiger partial charge in [0.05, 0.1) is 6.10 Å². The van der Waals surface area contributed by atoms with Crippen LogP contribution in [0.25, 0.3) is 20.7 Å². The van der Waals surface area contributed by atoms with Crippen molar-refractivity contribution in [2.24, 2.45) is 0 Å². The van der Waals surface area contributed by atoms with Gasteiger partial charge in [0, 0.05) is 27.8 Å². The van der Waals surface area contributed by atoms with Crippen LogP contribution in [0.15, 0.2) is 65.4 Å². The van der Waals surface area contributed by atoms with Crippen molar-refractivity contribution in [3.63, 3.8) is 0 Å². The molecule has 0 unspecified atom stereocenters. The van der Waals surface area contributed by atoms with E-state index >= 15 is 0 Å². The monoisotopic (exact) mass is 380 g/mol. The van der Waals surface area contributed by atoms with Gasteiger partial charge in [0.15, 0.2) is 0 Å². The van der Waals surface area contributed by atoms with Gasteiger partial charge in [-0.05, 0) is 16.8 Å². The van der Waals surface area contributed by atoms with Gasteiger partial charge in [-0.3, -0.25) is 4.79 Å². The first kappa shape index (κ1) is 16.9. The highest BCUT2D eigenvalue weighted by atomic mass is 32.1. The molecule has 2 aromatic carbocycles. The Labute approximate surface area is 158 Å². The van der Waals surface area contributed by atoms with Gasteiger partial charge >= 0.3 is 0 Å². The average Bonchev–Trinajstić information content (AvgIpc) is 3.34. The number of rotatable bonds is 5. The molecule has 2 heterocycles. The third-order valence-electron chi connectivity index (χ3n) is 4.08. The van der Waals surface area contributed by atoms with Gasteiger partial charge in [0.25, 0.3) is 5.91 Å². The van der Waals surface area contributed by atoms with Crippen LogP contribution in [-0.2, 0) is 0 Å². The SMILES string of the molecule is O=C(NC[C@H](O)c1csc2ccccc12)c1csc(-c2ccccc2)n1. The van der Waals surface area contributed by atoms with E-state index in [1.165, 1.54) is 11.3 Å². The maximum atomic E-state index is 12.4. The molecule has 1 atom stereocenters. The van der Waals surface area contributed by atoms with Gasteiger partial charge < -0.3 is 10.4 Å². The summed E-state index contributed by atoms with van der Waals surface area (Å²) in [6.07, 6.45) is -0.748. The van der Waals surface area contributed by atoms with Crippen LogP contribution in [0.3, 0.4) is 0 Å². The minimum atomic E-state index is -0.748. The first-order valence-electron chi connectivity index (χ1n) is 8.16. The number of aliphatic hydroxyl groups excluding tert-OH is 1. The van der Waals surface area contributed by atoms with Crippen molar-refractivity contribution in [1.29, 1.82) is 0 Å². The Morgan fingerprint density at radius 1 is 1.04 bits per heavy atom. The molecule has 1 amide bonds. The van der Waals surface area contributed by atoms with E-state index < -0.39 is 6.10 Å².